The Labute approximate surface area is 54.3 Å². The summed E-state index contributed by atoms with van der Waals surface area (Å²) in [6.07, 6.45) is -0.215. The summed E-state index contributed by atoms with van der Waals surface area (Å²) in [4.78, 5) is 10.3. The number of carbonyl (C=O) groups is 1. The van der Waals surface area contributed by atoms with Crippen LogP contribution in [0.4, 0.5) is 0 Å². The number of aliphatic hydroxyl groups is 2. The van der Waals surface area contributed by atoms with Crippen molar-refractivity contribution < 1.29 is 15.0 Å². The fourth-order valence-corrected chi connectivity index (χ4v) is 0.583. The van der Waals surface area contributed by atoms with Crippen molar-refractivity contribution in [1.82, 2.24) is 0 Å². The molecule has 0 bridgehead atoms. The van der Waals surface area contributed by atoms with Gasteiger partial charge in [0.05, 0.1) is 6.10 Å². The fourth-order valence-electron chi connectivity index (χ4n) is 0.583. The van der Waals surface area contributed by atoms with Crippen LogP contribution in [0.5, 0.6) is 0 Å². The van der Waals surface area contributed by atoms with E-state index in [1.807, 2.05) is 0 Å². The minimum Gasteiger partial charge on any atom is -0.396 e. The Morgan fingerprint density at radius 2 is 2.22 bits per heavy atom. The zero-order chi connectivity index (χ0) is 7.28. The van der Waals surface area contributed by atoms with E-state index >= 15 is 0 Å². The molecule has 9 heavy (non-hydrogen) atoms. The molecular weight excluding hydrogens is 120 g/mol. The van der Waals surface area contributed by atoms with Crippen LogP contribution in [0.3, 0.4) is 0 Å². The smallest absolute Gasteiger partial charge is 0.132 e. The molecule has 1 atom stereocenters. The summed E-state index contributed by atoms with van der Waals surface area (Å²) in [6, 6.07) is 0. The van der Waals surface area contributed by atoms with Gasteiger partial charge in [-0.3, -0.25) is 4.79 Å². The Morgan fingerprint density at radius 1 is 1.67 bits per heavy atom. The molecule has 0 fully saturated rings. The predicted molar refractivity (Wildman–Crippen MR) is 33.0 cm³/mol. The van der Waals surface area contributed by atoms with Crippen molar-refractivity contribution >= 4 is 5.78 Å². The molecule has 0 aromatic rings. The van der Waals surface area contributed by atoms with Crippen molar-refractivity contribution in [3.05, 3.63) is 0 Å². The first kappa shape index (κ1) is 8.59. The van der Waals surface area contributed by atoms with Gasteiger partial charge >= 0.3 is 0 Å². The molecular formula is C6H12O3. The third-order valence-corrected chi connectivity index (χ3v) is 0.985. The molecule has 0 saturated heterocycles. The highest BCUT2D eigenvalue weighted by Crippen LogP contribution is 1.96. The summed E-state index contributed by atoms with van der Waals surface area (Å²) in [6.45, 7) is 1.36. The number of carbonyl (C=O) groups excluding carboxylic acids is 1. The normalized spacial score (nSPS) is 13.2. The molecule has 0 radical (unpaired) electrons. The number of hydrogen-bond donors (Lipinski definition) is 2. The average molecular weight is 132 g/mol. The van der Waals surface area contributed by atoms with Gasteiger partial charge in [-0.25, -0.2) is 0 Å². The highest BCUT2D eigenvalue weighted by atomic mass is 16.3. The van der Waals surface area contributed by atoms with E-state index in [1.54, 1.807) is 0 Å². The van der Waals surface area contributed by atoms with Gasteiger partial charge in [0, 0.05) is 13.0 Å². The van der Waals surface area contributed by atoms with E-state index in [0.29, 0.717) is 6.42 Å². The van der Waals surface area contributed by atoms with E-state index in [9.17, 15) is 4.79 Å². The van der Waals surface area contributed by atoms with Crippen molar-refractivity contribution in [3.63, 3.8) is 0 Å². The van der Waals surface area contributed by atoms with Crippen LogP contribution in [-0.4, -0.2) is 28.7 Å². The van der Waals surface area contributed by atoms with Gasteiger partial charge in [-0.2, -0.15) is 0 Å². The monoisotopic (exact) mass is 132 g/mol. The first-order valence-corrected chi connectivity index (χ1v) is 2.95. The SMILES string of the molecule is CC(=O)CC(O)CCO. The molecule has 0 aliphatic carbocycles. The van der Waals surface area contributed by atoms with Crippen LogP contribution in [0.1, 0.15) is 19.8 Å². The first-order valence-electron chi connectivity index (χ1n) is 2.95. The highest BCUT2D eigenvalue weighted by Gasteiger charge is 2.04. The summed E-state index contributed by atoms with van der Waals surface area (Å²) in [5, 5.41) is 17.1. The van der Waals surface area contributed by atoms with Gasteiger partial charge in [0.25, 0.3) is 0 Å². The van der Waals surface area contributed by atoms with Crippen molar-refractivity contribution in [3.8, 4) is 0 Å². The molecule has 0 aromatic carbocycles. The quantitative estimate of drug-likeness (QED) is 0.552. The lowest BCUT2D eigenvalue weighted by molar-refractivity contribution is -0.118. The molecule has 0 aromatic heterocycles. The van der Waals surface area contributed by atoms with Gasteiger partial charge in [0.1, 0.15) is 5.78 Å². The summed E-state index contributed by atoms with van der Waals surface area (Å²) in [5.74, 6) is -0.0454. The maximum absolute atomic E-state index is 10.3. The second kappa shape index (κ2) is 4.47. The van der Waals surface area contributed by atoms with Gasteiger partial charge in [-0.05, 0) is 13.3 Å². The third-order valence-electron chi connectivity index (χ3n) is 0.985. The number of hydrogen-bond acceptors (Lipinski definition) is 3. The van der Waals surface area contributed by atoms with Gasteiger partial charge in [-0.1, -0.05) is 0 Å². The summed E-state index contributed by atoms with van der Waals surface area (Å²) in [5.41, 5.74) is 0. The Balaban J connectivity index is 3.26. The molecule has 3 nitrogen and oxygen atoms in total. The van der Waals surface area contributed by atoms with Crippen molar-refractivity contribution in [1.29, 1.82) is 0 Å². The molecule has 2 N–H and O–H groups in total. The Hall–Kier alpha value is -0.410. The number of ketones is 1. The number of Topliss-reactive ketones (excluding diaryl/α,β-unsaturated/α-hetero) is 1. The Bertz CT molecular complexity index is 90.3. The zero-order valence-corrected chi connectivity index (χ0v) is 5.50. The molecule has 1 unspecified atom stereocenters. The second-order valence-electron chi connectivity index (χ2n) is 2.07. The van der Waals surface area contributed by atoms with E-state index in [-0.39, 0.29) is 18.8 Å². The van der Waals surface area contributed by atoms with Crippen LogP contribution in [-0.2, 0) is 4.79 Å². The molecule has 0 saturated carbocycles. The largest absolute Gasteiger partial charge is 0.396 e. The first-order chi connectivity index (χ1) is 4.16. The second-order valence-corrected chi connectivity index (χ2v) is 2.07. The molecule has 3 heteroatoms. The number of aliphatic hydroxyl groups excluding tert-OH is 2. The molecule has 0 rings (SSSR count). The maximum atomic E-state index is 10.3. The van der Waals surface area contributed by atoms with Crippen LogP contribution in [0.15, 0.2) is 0 Å². The van der Waals surface area contributed by atoms with Crippen molar-refractivity contribution in [2.45, 2.75) is 25.9 Å². The standard InChI is InChI=1S/C6H12O3/c1-5(8)4-6(9)2-3-7/h6-7,9H,2-4H2,1H3. The van der Waals surface area contributed by atoms with Crippen molar-refractivity contribution in [2.75, 3.05) is 6.61 Å². The molecule has 0 heterocycles. The lowest BCUT2D eigenvalue weighted by Crippen LogP contribution is -2.12. The predicted octanol–water partition coefficient (Wildman–Crippen LogP) is -0.291. The fraction of sp³-hybridized carbons (Fsp3) is 0.833. The minimum absolute atomic E-state index is 0.0454. The summed E-state index contributed by atoms with van der Waals surface area (Å²) in [7, 11) is 0. The maximum Gasteiger partial charge on any atom is 0.132 e. The molecule has 0 amide bonds. The van der Waals surface area contributed by atoms with Crippen LogP contribution in [0.25, 0.3) is 0 Å². The Kier molecular flexibility index (Phi) is 4.26. The average Bonchev–Trinajstić information content (AvgIpc) is 1.63. The van der Waals surface area contributed by atoms with E-state index in [1.165, 1.54) is 6.92 Å². The van der Waals surface area contributed by atoms with E-state index < -0.39 is 6.10 Å². The Morgan fingerprint density at radius 3 is 2.56 bits per heavy atom. The lowest BCUT2D eigenvalue weighted by Gasteiger charge is -2.03. The van der Waals surface area contributed by atoms with E-state index in [4.69, 9.17) is 10.2 Å². The van der Waals surface area contributed by atoms with Gasteiger partial charge in [0.15, 0.2) is 0 Å². The topological polar surface area (TPSA) is 57.5 Å². The zero-order valence-electron chi connectivity index (χ0n) is 5.50. The van der Waals surface area contributed by atoms with Gasteiger partial charge < -0.3 is 10.2 Å². The van der Waals surface area contributed by atoms with Crippen LogP contribution in [0, 0.1) is 0 Å². The third kappa shape index (κ3) is 5.46. The molecule has 0 aliphatic heterocycles. The number of rotatable bonds is 4. The minimum atomic E-state index is -0.660. The van der Waals surface area contributed by atoms with Gasteiger partial charge in [0.2, 0.25) is 0 Å². The molecule has 0 aliphatic rings. The van der Waals surface area contributed by atoms with Crippen LogP contribution >= 0.6 is 0 Å². The van der Waals surface area contributed by atoms with E-state index in [2.05, 4.69) is 0 Å². The van der Waals surface area contributed by atoms with Gasteiger partial charge in [-0.15, -0.1) is 0 Å². The molecule has 0 spiro atoms. The highest BCUT2D eigenvalue weighted by molar-refractivity contribution is 5.75. The molecule has 54 valence electrons. The summed E-state index contributed by atoms with van der Waals surface area (Å²) < 4.78 is 0. The van der Waals surface area contributed by atoms with Crippen LogP contribution in [0.2, 0.25) is 0 Å². The summed E-state index contributed by atoms with van der Waals surface area (Å²) >= 11 is 0. The lowest BCUT2D eigenvalue weighted by atomic mass is 10.1. The van der Waals surface area contributed by atoms with Crippen LogP contribution < -0.4 is 0 Å². The van der Waals surface area contributed by atoms with Crippen molar-refractivity contribution in [2.24, 2.45) is 0 Å². The van der Waals surface area contributed by atoms with E-state index in [0.717, 1.165) is 0 Å².